The molecule has 0 radical (unpaired) electrons. The third-order valence-corrected chi connectivity index (χ3v) is 3.14. The van der Waals surface area contributed by atoms with Gasteiger partial charge in [-0.3, -0.25) is 9.48 Å². The molecule has 0 amide bonds. The summed E-state index contributed by atoms with van der Waals surface area (Å²) in [6.07, 6.45) is 2.60. The molecule has 0 saturated heterocycles. The van der Waals surface area contributed by atoms with E-state index in [2.05, 4.69) is 20.6 Å². The van der Waals surface area contributed by atoms with E-state index >= 15 is 0 Å². The average Bonchev–Trinajstić information content (AvgIpc) is 2.94. The Kier molecular flexibility index (Phi) is 3.56. The van der Waals surface area contributed by atoms with Crippen LogP contribution in [0.5, 0.6) is 0 Å². The number of aliphatic carboxylic acids is 1. The van der Waals surface area contributed by atoms with Gasteiger partial charge in [0.15, 0.2) is 5.82 Å². The molecule has 1 N–H and O–H groups in total. The maximum absolute atomic E-state index is 11.2. The first-order chi connectivity index (χ1) is 9.35. The first-order valence-corrected chi connectivity index (χ1v) is 6.37. The summed E-state index contributed by atoms with van der Waals surface area (Å²) < 4.78 is 3.22. The Morgan fingerprint density at radius 3 is 2.75 bits per heavy atom. The maximum atomic E-state index is 11.2. The van der Waals surface area contributed by atoms with Crippen molar-refractivity contribution in [2.24, 2.45) is 12.5 Å². The Labute approximate surface area is 116 Å². The number of carboxylic acid groups (broad SMARTS) is 1. The van der Waals surface area contributed by atoms with Crippen LogP contribution in [0.3, 0.4) is 0 Å². The highest BCUT2D eigenvalue weighted by atomic mass is 16.4. The maximum Gasteiger partial charge on any atom is 0.310 e. The monoisotopic (exact) mass is 278 g/mol. The van der Waals surface area contributed by atoms with E-state index in [0.717, 1.165) is 17.7 Å². The SMILES string of the molecule is CCc1nn(C)cc1-c1nnnn1CC(C)(C)C(=O)O. The van der Waals surface area contributed by atoms with Gasteiger partial charge in [0, 0.05) is 13.2 Å². The molecule has 0 atom stereocenters. The lowest BCUT2D eigenvalue weighted by Gasteiger charge is -2.18. The van der Waals surface area contributed by atoms with Gasteiger partial charge in [0.1, 0.15) is 0 Å². The molecule has 2 aromatic rings. The van der Waals surface area contributed by atoms with Crippen molar-refractivity contribution >= 4 is 5.97 Å². The topological polar surface area (TPSA) is 98.7 Å². The molecule has 20 heavy (non-hydrogen) atoms. The van der Waals surface area contributed by atoms with E-state index < -0.39 is 11.4 Å². The number of carboxylic acids is 1. The third kappa shape index (κ3) is 2.54. The van der Waals surface area contributed by atoms with Gasteiger partial charge in [-0.05, 0) is 30.7 Å². The van der Waals surface area contributed by atoms with Crippen LogP contribution in [0.1, 0.15) is 26.5 Å². The van der Waals surface area contributed by atoms with Crippen molar-refractivity contribution in [3.05, 3.63) is 11.9 Å². The van der Waals surface area contributed by atoms with Crippen molar-refractivity contribution in [1.29, 1.82) is 0 Å². The normalized spacial score (nSPS) is 11.8. The Bertz CT molecular complexity index is 628. The van der Waals surface area contributed by atoms with Crippen LogP contribution >= 0.6 is 0 Å². The summed E-state index contributed by atoms with van der Waals surface area (Å²) in [6, 6.07) is 0. The molecule has 0 aliphatic carbocycles. The second-order valence-electron chi connectivity index (χ2n) is 5.37. The summed E-state index contributed by atoms with van der Waals surface area (Å²) in [6.45, 7) is 5.49. The average molecular weight is 278 g/mol. The van der Waals surface area contributed by atoms with Crippen molar-refractivity contribution in [2.45, 2.75) is 33.7 Å². The zero-order valence-corrected chi connectivity index (χ0v) is 12.0. The van der Waals surface area contributed by atoms with Gasteiger partial charge in [0.25, 0.3) is 0 Å². The van der Waals surface area contributed by atoms with Crippen LogP contribution in [0.4, 0.5) is 0 Å². The molecule has 2 rings (SSSR count). The fourth-order valence-electron chi connectivity index (χ4n) is 1.93. The third-order valence-electron chi connectivity index (χ3n) is 3.14. The summed E-state index contributed by atoms with van der Waals surface area (Å²) >= 11 is 0. The molecule has 0 fully saturated rings. The smallest absolute Gasteiger partial charge is 0.310 e. The van der Waals surface area contributed by atoms with E-state index in [4.69, 9.17) is 0 Å². The largest absolute Gasteiger partial charge is 0.481 e. The van der Waals surface area contributed by atoms with Crippen LogP contribution in [0.15, 0.2) is 6.20 Å². The molecular weight excluding hydrogens is 260 g/mol. The highest BCUT2D eigenvalue weighted by Gasteiger charge is 2.30. The lowest BCUT2D eigenvalue weighted by Crippen LogP contribution is -2.30. The summed E-state index contributed by atoms with van der Waals surface area (Å²) in [4.78, 5) is 11.2. The van der Waals surface area contributed by atoms with Crippen LogP contribution in [-0.4, -0.2) is 41.1 Å². The predicted octanol–water partition coefficient (Wildman–Crippen LogP) is 0.747. The number of tetrazole rings is 1. The van der Waals surface area contributed by atoms with Gasteiger partial charge in [-0.2, -0.15) is 5.10 Å². The van der Waals surface area contributed by atoms with Crippen molar-refractivity contribution in [1.82, 2.24) is 30.0 Å². The van der Waals surface area contributed by atoms with Crippen LogP contribution < -0.4 is 0 Å². The number of hydrogen-bond donors (Lipinski definition) is 1. The Hall–Kier alpha value is -2.25. The second-order valence-corrected chi connectivity index (χ2v) is 5.37. The quantitative estimate of drug-likeness (QED) is 0.866. The number of aryl methyl sites for hydroxylation is 2. The Balaban J connectivity index is 2.40. The molecule has 0 unspecified atom stereocenters. The van der Waals surface area contributed by atoms with Gasteiger partial charge in [-0.25, -0.2) is 4.68 Å². The fourth-order valence-corrected chi connectivity index (χ4v) is 1.93. The number of hydrogen-bond acceptors (Lipinski definition) is 5. The van der Waals surface area contributed by atoms with Crippen molar-refractivity contribution < 1.29 is 9.90 Å². The summed E-state index contributed by atoms with van der Waals surface area (Å²) in [5.74, 6) is -0.342. The van der Waals surface area contributed by atoms with Crippen molar-refractivity contribution in [3.8, 4) is 11.4 Å². The number of nitrogens with zero attached hydrogens (tertiary/aromatic N) is 6. The molecule has 8 heteroatoms. The van der Waals surface area contributed by atoms with E-state index in [9.17, 15) is 9.90 Å². The molecule has 0 aromatic carbocycles. The van der Waals surface area contributed by atoms with E-state index in [1.807, 2.05) is 20.2 Å². The Morgan fingerprint density at radius 2 is 2.15 bits per heavy atom. The molecule has 0 aliphatic rings. The minimum atomic E-state index is -0.946. The van der Waals surface area contributed by atoms with Crippen LogP contribution in [0, 0.1) is 5.41 Å². The molecule has 2 aromatic heterocycles. The lowest BCUT2D eigenvalue weighted by molar-refractivity contribution is -0.147. The van der Waals surface area contributed by atoms with Crippen LogP contribution in [-0.2, 0) is 24.8 Å². The molecule has 0 aliphatic heterocycles. The second kappa shape index (κ2) is 5.03. The molecule has 0 saturated carbocycles. The van der Waals surface area contributed by atoms with Crippen molar-refractivity contribution in [2.75, 3.05) is 0 Å². The number of rotatable bonds is 5. The van der Waals surface area contributed by atoms with Gasteiger partial charge < -0.3 is 5.11 Å². The van der Waals surface area contributed by atoms with Gasteiger partial charge >= 0.3 is 5.97 Å². The predicted molar refractivity (Wildman–Crippen MR) is 70.8 cm³/mol. The van der Waals surface area contributed by atoms with E-state index in [1.165, 1.54) is 4.68 Å². The fraction of sp³-hybridized carbons (Fsp3) is 0.583. The molecule has 8 nitrogen and oxygen atoms in total. The van der Waals surface area contributed by atoms with Gasteiger partial charge in [0.2, 0.25) is 0 Å². The highest BCUT2D eigenvalue weighted by molar-refractivity contribution is 5.73. The summed E-state index contributed by atoms with van der Waals surface area (Å²) in [7, 11) is 1.83. The van der Waals surface area contributed by atoms with Gasteiger partial charge in [-0.1, -0.05) is 6.92 Å². The highest BCUT2D eigenvalue weighted by Crippen LogP contribution is 2.24. The first-order valence-electron chi connectivity index (χ1n) is 6.37. The lowest BCUT2D eigenvalue weighted by atomic mass is 9.94. The molecule has 108 valence electrons. The van der Waals surface area contributed by atoms with E-state index in [0.29, 0.717) is 5.82 Å². The zero-order valence-electron chi connectivity index (χ0n) is 12.0. The summed E-state index contributed by atoms with van der Waals surface area (Å²) in [5, 5.41) is 25.1. The van der Waals surface area contributed by atoms with Gasteiger partial charge in [-0.15, -0.1) is 5.10 Å². The van der Waals surface area contributed by atoms with E-state index in [1.54, 1.807) is 18.5 Å². The standard InChI is InChI=1S/C12H18N6O2/c1-5-9-8(6-17(4)14-9)10-13-15-16-18(10)7-12(2,3)11(19)20/h6H,5,7H2,1-4H3,(H,19,20). The number of carbonyl (C=O) groups is 1. The minimum absolute atomic E-state index is 0.197. The summed E-state index contributed by atoms with van der Waals surface area (Å²) in [5.41, 5.74) is 0.775. The zero-order chi connectivity index (χ0) is 14.9. The molecule has 2 heterocycles. The van der Waals surface area contributed by atoms with Crippen LogP contribution in [0.2, 0.25) is 0 Å². The van der Waals surface area contributed by atoms with Gasteiger partial charge in [0.05, 0.1) is 23.2 Å². The van der Waals surface area contributed by atoms with Crippen LogP contribution in [0.25, 0.3) is 11.4 Å². The molecule has 0 bridgehead atoms. The Morgan fingerprint density at radius 1 is 1.45 bits per heavy atom. The molecular formula is C12H18N6O2. The van der Waals surface area contributed by atoms with E-state index in [-0.39, 0.29) is 6.54 Å². The number of aromatic nitrogens is 6. The van der Waals surface area contributed by atoms with Crippen molar-refractivity contribution in [3.63, 3.8) is 0 Å². The minimum Gasteiger partial charge on any atom is -0.481 e. The first kappa shape index (κ1) is 14.2. The molecule has 0 spiro atoms.